The predicted octanol–water partition coefficient (Wildman–Crippen LogP) is -4.56. The number of aliphatic hydroxyl groups is 1. The highest BCUT2D eigenvalue weighted by atomic mass is 16.4. The molecule has 1 saturated heterocycles. The van der Waals surface area contributed by atoms with E-state index in [4.69, 9.17) is 0 Å². The molecule has 1 rings (SSSR count). The fraction of sp³-hybridized carbons (Fsp3) is 0.700. The molecule has 2 amide bonds. The molecule has 8 heteroatoms. The summed E-state index contributed by atoms with van der Waals surface area (Å²) in [5, 5.41) is 22.6. The first-order valence-corrected chi connectivity index (χ1v) is 5.64. The Morgan fingerprint density at radius 3 is 2.67 bits per heavy atom. The Kier molecular flexibility index (Phi) is 4.62. The first kappa shape index (κ1) is 14.4. The van der Waals surface area contributed by atoms with Crippen LogP contribution in [0.2, 0.25) is 0 Å². The van der Waals surface area contributed by atoms with Gasteiger partial charge < -0.3 is 31.0 Å². The zero-order valence-electron chi connectivity index (χ0n) is 10.1. The van der Waals surface area contributed by atoms with E-state index in [2.05, 4.69) is 11.1 Å². The van der Waals surface area contributed by atoms with Crippen LogP contribution in [-0.2, 0) is 14.4 Å². The fourth-order valence-electron chi connectivity index (χ4n) is 1.90. The number of carboxylic acids is 1. The van der Waals surface area contributed by atoms with Crippen molar-refractivity contribution in [3.05, 3.63) is 0 Å². The second kappa shape index (κ2) is 5.78. The van der Waals surface area contributed by atoms with E-state index in [9.17, 15) is 24.6 Å². The van der Waals surface area contributed by atoms with Gasteiger partial charge in [-0.1, -0.05) is 0 Å². The number of carbonyl (C=O) groups is 3. The van der Waals surface area contributed by atoms with Crippen LogP contribution in [0.1, 0.15) is 13.3 Å². The number of nitrogens with one attached hydrogen (secondary N) is 1. The van der Waals surface area contributed by atoms with Crippen molar-refractivity contribution in [2.45, 2.75) is 31.5 Å². The summed E-state index contributed by atoms with van der Waals surface area (Å²) >= 11 is 0. The van der Waals surface area contributed by atoms with E-state index in [-0.39, 0.29) is 19.5 Å². The Bertz CT molecular complexity index is 359. The summed E-state index contributed by atoms with van der Waals surface area (Å²) < 4.78 is 0. The third-order valence-corrected chi connectivity index (χ3v) is 2.81. The highest BCUT2D eigenvalue weighted by Crippen LogP contribution is 2.18. The maximum absolute atomic E-state index is 11.9. The predicted molar refractivity (Wildman–Crippen MR) is 56.5 cm³/mol. The zero-order valence-corrected chi connectivity index (χ0v) is 10.1. The van der Waals surface area contributed by atoms with Gasteiger partial charge in [-0.25, -0.2) is 0 Å². The smallest absolute Gasteiger partial charge is 0.275 e. The largest absolute Gasteiger partial charge is 0.548 e. The number of rotatable bonds is 4. The number of carboxylic acid groups (broad SMARTS) is 1. The number of aliphatic hydroxyl groups excluding tert-OH is 1. The summed E-state index contributed by atoms with van der Waals surface area (Å²) in [6.45, 7) is 1.37. The van der Waals surface area contributed by atoms with Gasteiger partial charge in [0.05, 0.1) is 18.1 Å². The molecule has 0 saturated carbocycles. The second-order valence-corrected chi connectivity index (χ2v) is 4.25. The van der Waals surface area contributed by atoms with Crippen molar-refractivity contribution >= 4 is 17.8 Å². The van der Waals surface area contributed by atoms with Gasteiger partial charge in [-0.2, -0.15) is 0 Å². The minimum atomic E-state index is -1.41. The maximum Gasteiger partial charge on any atom is 0.275 e. The Hall–Kier alpha value is -1.67. The van der Waals surface area contributed by atoms with E-state index in [1.807, 2.05) is 0 Å². The SMILES string of the molecule is CC(NC(=O)C[NH3+])C(=O)N1CC(O)CC1C(=O)[O-]. The number of nitrogens with zero attached hydrogens (tertiary/aromatic N) is 1. The third-order valence-electron chi connectivity index (χ3n) is 2.81. The lowest BCUT2D eigenvalue weighted by Crippen LogP contribution is -2.60. The minimum absolute atomic E-state index is 0.00976. The Balaban J connectivity index is 2.70. The Morgan fingerprint density at radius 1 is 1.56 bits per heavy atom. The maximum atomic E-state index is 11.9. The highest BCUT2D eigenvalue weighted by molar-refractivity contribution is 5.90. The van der Waals surface area contributed by atoms with Gasteiger partial charge in [-0.15, -0.1) is 0 Å². The number of hydrogen-bond acceptors (Lipinski definition) is 5. The molecule has 102 valence electrons. The van der Waals surface area contributed by atoms with E-state index in [0.29, 0.717) is 0 Å². The molecule has 8 nitrogen and oxygen atoms in total. The van der Waals surface area contributed by atoms with Crippen molar-refractivity contribution in [1.82, 2.24) is 10.2 Å². The van der Waals surface area contributed by atoms with Crippen LogP contribution in [0.15, 0.2) is 0 Å². The topological polar surface area (TPSA) is 137 Å². The fourth-order valence-corrected chi connectivity index (χ4v) is 1.90. The average Bonchev–Trinajstić information content (AvgIpc) is 2.70. The Morgan fingerprint density at radius 2 is 2.17 bits per heavy atom. The van der Waals surface area contributed by atoms with E-state index < -0.39 is 36.0 Å². The molecule has 3 atom stereocenters. The van der Waals surface area contributed by atoms with Gasteiger partial charge in [-0.05, 0) is 6.92 Å². The lowest BCUT2D eigenvalue weighted by atomic mass is 10.2. The van der Waals surface area contributed by atoms with Crippen molar-refractivity contribution in [3.8, 4) is 0 Å². The van der Waals surface area contributed by atoms with Crippen LogP contribution in [0.4, 0.5) is 0 Å². The molecule has 18 heavy (non-hydrogen) atoms. The van der Waals surface area contributed by atoms with Crippen LogP contribution in [0, 0.1) is 0 Å². The molecular formula is C10H17N3O5. The number of carbonyl (C=O) groups excluding carboxylic acids is 3. The van der Waals surface area contributed by atoms with Crippen LogP contribution in [-0.4, -0.2) is 59.1 Å². The molecule has 1 aliphatic heterocycles. The van der Waals surface area contributed by atoms with Crippen LogP contribution in [0.5, 0.6) is 0 Å². The zero-order chi connectivity index (χ0) is 13.9. The molecule has 0 aromatic heterocycles. The molecular weight excluding hydrogens is 242 g/mol. The second-order valence-electron chi connectivity index (χ2n) is 4.25. The molecule has 5 N–H and O–H groups in total. The Labute approximate surface area is 104 Å². The van der Waals surface area contributed by atoms with Gasteiger partial charge in [0.25, 0.3) is 5.91 Å². The average molecular weight is 259 g/mol. The van der Waals surface area contributed by atoms with Crippen molar-refractivity contribution in [1.29, 1.82) is 0 Å². The molecule has 1 heterocycles. The third kappa shape index (κ3) is 3.17. The van der Waals surface area contributed by atoms with Crippen molar-refractivity contribution in [2.24, 2.45) is 0 Å². The van der Waals surface area contributed by atoms with Crippen molar-refractivity contribution < 1.29 is 30.3 Å². The number of hydrogen-bond donors (Lipinski definition) is 3. The number of likely N-dealkylation sites (tertiary alicyclic amines) is 1. The van der Waals surface area contributed by atoms with Crippen LogP contribution >= 0.6 is 0 Å². The van der Waals surface area contributed by atoms with Gasteiger partial charge in [-0.3, -0.25) is 9.59 Å². The molecule has 1 aliphatic rings. The van der Waals surface area contributed by atoms with Gasteiger partial charge >= 0.3 is 0 Å². The number of amides is 2. The van der Waals surface area contributed by atoms with Crippen LogP contribution in [0.3, 0.4) is 0 Å². The summed E-state index contributed by atoms with van der Waals surface area (Å²) in [6.07, 6.45) is -0.933. The summed E-state index contributed by atoms with van der Waals surface area (Å²) in [5.74, 6) is -2.36. The van der Waals surface area contributed by atoms with Gasteiger partial charge in [0.2, 0.25) is 5.91 Å². The van der Waals surface area contributed by atoms with E-state index >= 15 is 0 Å². The number of quaternary nitrogens is 1. The molecule has 0 bridgehead atoms. The first-order valence-electron chi connectivity index (χ1n) is 5.64. The molecule has 0 radical (unpaired) electrons. The number of aliphatic carboxylic acids is 1. The van der Waals surface area contributed by atoms with Crippen LogP contribution < -0.4 is 16.2 Å². The lowest BCUT2D eigenvalue weighted by Gasteiger charge is -2.27. The van der Waals surface area contributed by atoms with Crippen LogP contribution in [0.25, 0.3) is 0 Å². The summed E-state index contributed by atoms with van der Waals surface area (Å²) in [4.78, 5) is 34.9. The minimum Gasteiger partial charge on any atom is -0.548 e. The van der Waals surface area contributed by atoms with Crippen molar-refractivity contribution in [2.75, 3.05) is 13.1 Å². The highest BCUT2D eigenvalue weighted by Gasteiger charge is 2.37. The quantitative estimate of drug-likeness (QED) is 0.467. The van der Waals surface area contributed by atoms with E-state index in [1.165, 1.54) is 6.92 Å². The molecule has 0 aromatic carbocycles. The van der Waals surface area contributed by atoms with E-state index in [0.717, 1.165) is 4.90 Å². The lowest BCUT2D eigenvalue weighted by molar-refractivity contribution is -0.355. The van der Waals surface area contributed by atoms with E-state index in [1.54, 1.807) is 0 Å². The van der Waals surface area contributed by atoms with Gasteiger partial charge in [0.1, 0.15) is 6.04 Å². The molecule has 0 aliphatic carbocycles. The summed E-state index contributed by atoms with van der Waals surface area (Å²) in [7, 11) is 0. The standard InChI is InChI=1S/C10H17N3O5/c1-5(12-8(15)3-11)9(16)13-4-6(14)2-7(13)10(17)18/h5-7,14H,2-4,11H2,1H3,(H,12,15)(H,17,18). The monoisotopic (exact) mass is 259 g/mol. The molecule has 1 fully saturated rings. The molecule has 0 aromatic rings. The number of β-amino-alcohol motifs (C(OH)–C–C–N with tert-alkyl or cyclic N) is 1. The molecule has 3 unspecified atom stereocenters. The molecule has 0 spiro atoms. The van der Waals surface area contributed by atoms with Gasteiger partial charge in [0.15, 0.2) is 6.54 Å². The van der Waals surface area contributed by atoms with Crippen molar-refractivity contribution in [3.63, 3.8) is 0 Å². The first-order chi connectivity index (χ1) is 8.36. The summed E-state index contributed by atoms with van der Waals surface area (Å²) in [5.41, 5.74) is 3.37. The summed E-state index contributed by atoms with van der Waals surface area (Å²) in [6, 6.07) is -2.00. The van der Waals surface area contributed by atoms with Gasteiger partial charge in [0, 0.05) is 13.0 Å². The normalized spacial score (nSPS) is 24.7.